The second-order valence-electron chi connectivity index (χ2n) is 0.539. The molecule has 0 aliphatic rings. The maximum atomic E-state index is 8.52. The van der Waals surface area contributed by atoms with Gasteiger partial charge in [0.15, 0.2) is 0 Å². The van der Waals surface area contributed by atoms with Crippen molar-refractivity contribution in [3.8, 4) is 0 Å². The third-order valence-electron chi connectivity index (χ3n) is 0. The van der Waals surface area contributed by atoms with Gasteiger partial charge in [0.2, 0.25) is 0 Å². The third-order valence-corrected chi connectivity index (χ3v) is 0. The van der Waals surface area contributed by atoms with E-state index in [1.807, 2.05) is 0 Å². The Balaban J connectivity index is -0.0000000112. The van der Waals surface area contributed by atoms with E-state index < -0.39 is 16.5 Å². The van der Waals surface area contributed by atoms with Gasteiger partial charge >= 0.3 is 113 Å². The van der Waals surface area contributed by atoms with Crippen LogP contribution >= 0.6 is 0 Å². The predicted molar refractivity (Wildman–Crippen MR) is 31.4 cm³/mol. The Bertz CT molecular complexity index is 62.9. The van der Waals surface area contributed by atoms with Gasteiger partial charge < -0.3 is 34.6 Å². The number of hydrogen-bond acceptors (Lipinski definition) is 7. The van der Waals surface area contributed by atoms with Crippen molar-refractivity contribution in [2.45, 2.75) is 0 Å². The Morgan fingerprint density at radius 3 is 0.917 bits per heavy atom. The maximum Gasteiger partial charge on any atom is 2.00 e. The van der Waals surface area contributed by atoms with Crippen LogP contribution < -0.4 is 24.7 Å². The summed E-state index contributed by atoms with van der Waals surface area (Å²) in [6.07, 6.45) is 0. The minimum atomic E-state index is -3.63. The van der Waals surface area contributed by atoms with E-state index in [-0.39, 0.29) is 119 Å². The molecule has 12 heavy (non-hydrogen) atoms. The molecule has 0 atom stereocenters. The minimum absolute atomic E-state index is 0. The third kappa shape index (κ3) is 185. The van der Waals surface area contributed by atoms with Gasteiger partial charge in [0, 0.05) is 9.17 Å². The molecule has 0 unspecified atom stereocenters. The van der Waals surface area contributed by atoms with E-state index in [2.05, 4.69) is 0 Å². The molecule has 0 heterocycles. The summed E-state index contributed by atoms with van der Waals surface area (Å²) in [4.78, 5) is 17.0. The first-order chi connectivity index (χ1) is 3.46. The van der Waals surface area contributed by atoms with Gasteiger partial charge in [0.1, 0.15) is 0 Å². The molecule has 0 amide bonds. The maximum absolute atomic E-state index is 8.52. The molecule has 0 aromatic rings. The molecule has 0 saturated carbocycles. The first kappa shape index (κ1) is 36.2. The Kier molecular flexibility index (Phi) is 88.2. The first-order valence-corrected chi connectivity index (χ1v) is 2.54. The topological polar surface area (TPSA) is 162 Å². The van der Waals surface area contributed by atoms with Crippen molar-refractivity contribution in [3.05, 3.63) is 0 Å². The Hall–Kier alpha value is 3.30. The Morgan fingerprint density at radius 2 is 0.917 bits per heavy atom. The second-order valence-corrected chi connectivity index (χ2v) is 1.04. The van der Waals surface area contributed by atoms with E-state index >= 15 is 0 Å². The number of rotatable bonds is 0. The molecule has 0 aromatic carbocycles. The average Bonchev–Trinajstić information content (AvgIpc) is 1.25. The quantitative estimate of drug-likeness (QED) is 0.395. The van der Waals surface area contributed by atoms with E-state index in [0.717, 1.165) is 0 Å². The summed E-state index contributed by atoms with van der Waals surface area (Å²) in [6.45, 7) is 0. The fourth-order valence-corrected chi connectivity index (χ4v) is 0. The summed E-state index contributed by atoms with van der Waals surface area (Å²) in [5.74, 6) is 0. The van der Waals surface area contributed by atoms with Crippen LogP contribution in [-0.4, -0.2) is 135 Å². The molecular weight excluding hydrogens is 271 g/mol. The average molecular weight is 272 g/mol. The van der Waals surface area contributed by atoms with Gasteiger partial charge in [-0.25, -0.2) is 0 Å². The summed E-state index contributed by atoms with van der Waals surface area (Å²) in [5, 5.41) is 25.2. The summed E-state index contributed by atoms with van der Waals surface area (Å²) in [5.41, 5.74) is 0. The minimum Gasteiger partial charge on any atom is -0.907 e. The van der Waals surface area contributed by atoms with Crippen molar-refractivity contribution in [3.63, 3.8) is 0 Å². The monoisotopic (exact) mass is 272 g/mol. The van der Waals surface area contributed by atoms with Crippen LogP contribution in [0.4, 0.5) is 0 Å². The van der Waals surface area contributed by atoms with Crippen LogP contribution in [0.5, 0.6) is 0 Å². The van der Waals surface area contributed by atoms with Crippen LogP contribution in [0, 0.1) is 0 Å². The SMILES string of the molecule is O=[Si]([O-])[O-].[Ca+2].[Ca+2].[Ca+2].[O-]B([O-])[O-].[OH-]. The van der Waals surface area contributed by atoms with Gasteiger partial charge in [-0.2, -0.15) is 0 Å². The summed E-state index contributed by atoms with van der Waals surface area (Å²) < 4.78 is 8.52. The largest absolute Gasteiger partial charge is 2.00 e. The molecule has 0 fully saturated rings. The molecule has 0 radical (unpaired) electrons. The van der Waals surface area contributed by atoms with Crippen LogP contribution in [0.15, 0.2) is 0 Å². The van der Waals surface area contributed by atoms with Crippen LogP contribution in [0.3, 0.4) is 0 Å². The molecule has 0 aliphatic carbocycles. The number of hydrogen-bond donors (Lipinski definition) is 0. The molecule has 0 bridgehead atoms. The Labute approximate surface area is 161 Å². The van der Waals surface area contributed by atoms with Gasteiger partial charge in [-0.1, -0.05) is 0 Å². The molecule has 0 rings (SSSR count). The zero-order valence-corrected chi connectivity index (χ0v) is 13.7. The molecule has 0 aliphatic heterocycles. The van der Waals surface area contributed by atoms with E-state index in [1.165, 1.54) is 0 Å². The van der Waals surface area contributed by atoms with Crippen molar-refractivity contribution >= 4 is 130 Å². The fraction of sp³-hybridized carbons (Fsp3) is 0. The molecule has 7 nitrogen and oxygen atoms in total. The van der Waals surface area contributed by atoms with Crippen LogP contribution in [0.25, 0.3) is 0 Å². The van der Waals surface area contributed by atoms with Gasteiger partial charge in [-0.05, 0) is 0 Å². The predicted octanol–water partition coefficient (Wildman–Crippen LogP) is -8.14. The molecular formula is HBCa3O7Si. The van der Waals surface area contributed by atoms with Crippen molar-refractivity contribution in [2.24, 2.45) is 0 Å². The van der Waals surface area contributed by atoms with Gasteiger partial charge in [-0.15, -0.1) is 0 Å². The molecule has 1 N–H and O–H groups in total. The molecule has 12 heteroatoms. The van der Waals surface area contributed by atoms with Crippen LogP contribution in [-0.2, 0) is 4.46 Å². The van der Waals surface area contributed by atoms with Crippen molar-refractivity contribution in [1.82, 2.24) is 0 Å². The smallest absolute Gasteiger partial charge is 0.907 e. The van der Waals surface area contributed by atoms with E-state index in [0.29, 0.717) is 0 Å². The summed E-state index contributed by atoms with van der Waals surface area (Å²) in [6, 6.07) is 0. The van der Waals surface area contributed by atoms with Crippen LogP contribution in [0.1, 0.15) is 0 Å². The molecule has 0 saturated heterocycles. The van der Waals surface area contributed by atoms with Crippen molar-refractivity contribution in [2.75, 3.05) is 0 Å². The zero-order chi connectivity index (χ0) is 7.15. The normalized spacial score (nSPS) is 4.25. The summed E-state index contributed by atoms with van der Waals surface area (Å²) in [7, 11) is -6.55. The van der Waals surface area contributed by atoms with E-state index in [1.54, 1.807) is 0 Å². The zero-order valence-electron chi connectivity index (χ0n) is 6.10. The first-order valence-electron chi connectivity index (χ1n) is 1.32. The van der Waals surface area contributed by atoms with Gasteiger partial charge in [0.25, 0.3) is 0 Å². The molecule has 0 spiro atoms. The van der Waals surface area contributed by atoms with Gasteiger partial charge in [0.05, 0.1) is 0 Å². The summed E-state index contributed by atoms with van der Waals surface area (Å²) >= 11 is 0. The van der Waals surface area contributed by atoms with Gasteiger partial charge in [-0.3, -0.25) is 7.32 Å². The van der Waals surface area contributed by atoms with Crippen LogP contribution in [0.2, 0.25) is 0 Å². The standard InChI is InChI=1S/BO3.3Ca.O3Si.H2O/c2-1(3)4;;;;1-4(2)3;/h;;;;;1H2/q-3;3*+2;-2;/p-1. The Morgan fingerprint density at radius 1 is 0.917 bits per heavy atom. The van der Waals surface area contributed by atoms with E-state index in [9.17, 15) is 0 Å². The molecule has 56 valence electrons. The van der Waals surface area contributed by atoms with Crippen molar-refractivity contribution in [1.29, 1.82) is 0 Å². The van der Waals surface area contributed by atoms with E-state index in [4.69, 9.17) is 29.1 Å². The second kappa shape index (κ2) is 29.2. The fourth-order valence-electron chi connectivity index (χ4n) is 0. The molecule has 0 aromatic heterocycles. The van der Waals surface area contributed by atoms with Crippen molar-refractivity contribution < 1.29 is 34.6 Å².